The van der Waals surface area contributed by atoms with E-state index in [0.29, 0.717) is 12.1 Å². The number of amides is 1. The Morgan fingerprint density at radius 2 is 1.69 bits per heavy atom. The largest absolute Gasteiger partial charge is 0.361 e. The number of nitrogens with zero attached hydrogens (tertiary/aromatic N) is 1. The maximum absolute atomic E-state index is 13.4. The summed E-state index contributed by atoms with van der Waals surface area (Å²) in [6.45, 7) is 4.54. The highest BCUT2D eigenvalue weighted by molar-refractivity contribution is 5.95. The van der Waals surface area contributed by atoms with Gasteiger partial charge in [-0.1, -0.05) is 48.0 Å². The first-order chi connectivity index (χ1) is 14.1. The number of hydrogen-bond donors (Lipinski definition) is 1. The number of H-pyrrole nitrogens is 1. The lowest BCUT2D eigenvalue weighted by Crippen LogP contribution is -2.35. The number of nitrogens with one attached hydrogen (secondary N) is 1. The van der Waals surface area contributed by atoms with E-state index >= 15 is 0 Å². The highest BCUT2D eigenvalue weighted by Crippen LogP contribution is 2.34. The zero-order chi connectivity index (χ0) is 20.4. The van der Waals surface area contributed by atoms with Crippen molar-refractivity contribution in [2.24, 2.45) is 0 Å². The van der Waals surface area contributed by atoms with Crippen LogP contribution in [0.25, 0.3) is 10.9 Å². The molecule has 3 aromatic carbocycles. The van der Waals surface area contributed by atoms with Crippen molar-refractivity contribution in [1.29, 1.82) is 0 Å². The van der Waals surface area contributed by atoms with E-state index in [4.69, 9.17) is 0 Å². The first kappa shape index (κ1) is 18.9. The standard InChI is InChI=1S/C25H23FN2O/c1-3-28(25(29)19-12-14-20(26)15-13-19)24(18-10-8-17(2)9-11-18)22-16-27-23-7-5-4-6-21(22)23/h4-16,24,27H,3H2,1-2H3/t24-/m0/s1. The Morgan fingerprint density at radius 3 is 2.38 bits per heavy atom. The van der Waals surface area contributed by atoms with Crippen LogP contribution < -0.4 is 0 Å². The van der Waals surface area contributed by atoms with E-state index < -0.39 is 0 Å². The fourth-order valence-electron chi connectivity index (χ4n) is 3.80. The number of aromatic amines is 1. The smallest absolute Gasteiger partial charge is 0.254 e. The van der Waals surface area contributed by atoms with Gasteiger partial charge in [0.05, 0.1) is 6.04 Å². The van der Waals surface area contributed by atoms with Crippen LogP contribution in [0.3, 0.4) is 0 Å². The van der Waals surface area contributed by atoms with E-state index in [2.05, 4.69) is 35.3 Å². The van der Waals surface area contributed by atoms with Crippen molar-refractivity contribution in [3.05, 3.63) is 107 Å². The quantitative estimate of drug-likeness (QED) is 0.458. The lowest BCUT2D eigenvalue weighted by molar-refractivity contribution is 0.0718. The van der Waals surface area contributed by atoms with Crippen LogP contribution in [-0.4, -0.2) is 22.3 Å². The highest BCUT2D eigenvalue weighted by atomic mass is 19.1. The molecule has 0 aliphatic rings. The number of benzene rings is 3. The zero-order valence-electron chi connectivity index (χ0n) is 16.5. The summed E-state index contributed by atoms with van der Waals surface area (Å²) in [5, 5.41) is 1.09. The van der Waals surface area contributed by atoms with Crippen LogP contribution in [0.15, 0.2) is 79.0 Å². The zero-order valence-corrected chi connectivity index (χ0v) is 16.5. The van der Waals surface area contributed by atoms with Crippen molar-refractivity contribution < 1.29 is 9.18 Å². The molecule has 1 heterocycles. The Kier molecular flexibility index (Phi) is 5.17. The number of fused-ring (bicyclic) bond motifs is 1. The van der Waals surface area contributed by atoms with Crippen LogP contribution in [0, 0.1) is 12.7 Å². The maximum atomic E-state index is 13.4. The van der Waals surface area contributed by atoms with Gasteiger partial charge in [-0.3, -0.25) is 4.79 Å². The second kappa shape index (κ2) is 7.92. The average Bonchev–Trinajstić information content (AvgIpc) is 3.16. The molecular formula is C25H23FN2O. The summed E-state index contributed by atoms with van der Waals surface area (Å²) < 4.78 is 13.4. The number of rotatable bonds is 5. The SMILES string of the molecule is CCN(C(=O)c1ccc(F)cc1)[C@@H](c1ccc(C)cc1)c1c[nH]c2ccccc12. The molecule has 0 bridgehead atoms. The molecule has 0 fully saturated rings. The molecule has 0 radical (unpaired) electrons. The average molecular weight is 386 g/mol. The Morgan fingerprint density at radius 1 is 1.00 bits per heavy atom. The minimum atomic E-state index is -0.351. The third-order valence-corrected chi connectivity index (χ3v) is 5.31. The summed E-state index contributed by atoms with van der Waals surface area (Å²) in [4.78, 5) is 18.6. The van der Waals surface area contributed by atoms with E-state index in [0.717, 1.165) is 22.0 Å². The number of halogens is 1. The summed E-state index contributed by atoms with van der Waals surface area (Å²) in [7, 11) is 0. The monoisotopic (exact) mass is 386 g/mol. The van der Waals surface area contributed by atoms with Crippen molar-refractivity contribution >= 4 is 16.8 Å². The lowest BCUT2D eigenvalue weighted by Gasteiger charge is -2.31. The fraction of sp³-hybridized carbons (Fsp3) is 0.160. The summed E-state index contributed by atoms with van der Waals surface area (Å²) in [5.41, 5.74) is 4.76. The van der Waals surface area contributed by atoms with Crippen molar-refractivity contribution in [2.45, 2.75) is 19.9 Å². The Bertz CT molecular complexity index is 1130. The molecule has 0 aliphatic carbocycles. The van der Waals surface area contributed by atoms with Crippen molar-refractivity contribution in [1.82, 2.24) is 9.88 Å². The summed E-state index contributed by atoms with van der Waals surface area (Å²) in [5.74, 6) is -0.473. The van der Waals surface area contributed by atoms with Gasteiger partial charge in [0.15, 0.2) is 0 Å². The normalized spacial score (nSPS) is 12.1. The predicted octanol–water partition coefficient (Wildman–Crippen LogP) is 5.87. The first-order valence-electron chi connectivity index (χ1n) is 9.77. The summed E-state index contributed by atoms with van der Waals surface area (Å²) in [6, 6.07) is 21.8. The van der Waals surface area contributed by atoms with Gasteiger partial charge in [0.1, 0.15) is 5.82 Å². The van der Waals surface area contributed by atoms with Gasteiger partial charge in [0.25, 0.3) is 5.91 Å². The molecule has 0 saturated carbocycles. The Hall–Kier alpha value is -3.40. The number of aryl methyl sites for hydroxylation is 1. The number of para-hydroxylation sites is 1. The summed E-state index contributed by atoms with van der Waals surface area (Å²) >= 11 is 0. The molecule has 0 saturated heterocycles. The molecule has 146 valence electrons. The number of carbonyl (C=O) groups excluding carboxylic acids is 1. The molecule has 0 spiro atoms. The molecule has 29 heavy (non-hydrogen) atoms. The second-order valence-corrected chi connectivity index (χ2v) is 7.20. The van der Waals surface area contributed by atoms with Crippen LogP contribution >= 0.6 is 0 Å². The Balaban J connectivity index is 1.85. The van der Waals surface area contributed by atoms with E-state index in [1.807, 2.05) is 43.1 Å². The van der Waals surface area contributed by atoms with E-state index in [1.54, 1.807) is 12.1 Å². The molecule has 4 aromatic rings. The van der Waals surface area contributed by atoms with Crippen molar-refractivity contribution in [3.8, 4) is 0 Å². The van der Waals surface area contributed by atoms with Gasteiger partial charge in [0.2, 0.25) is 0 Å². The molecule has 3 nitrogen and oxygen atoms in total. The highest BCUT2D eigenvalue weighted by Gasteiger charge is 2.28. The van der Waals surface area contributed by atoms with E-state index in [1.165, 1.54) is 17.7 Å². The van der Waals surface area contributed by atoms with Gasteiger partial charge in [-0.15, -0.1) is 0 Å². The number of hydrogen-bond acceptors (Lipinski definition) is 1. The molecule has 4 heteroatoms. The van der Waals surface area contributed by atoms with Gasteiger partial charge in [-0.2, -0.15) is 0 Å². The third kappa shape index (κ3) is 3.66. The molecule has 1 amide bonds. The predicted molar refractivity (Wildman–Crippen MR) is 114 cm³/mol. The fourth-order valence-corrected chi connectivity index (χ4v) is 3.80. The molecule has 1 atom stereocenters. The third-order valence-electron chi connectivity index (χ3n) is 5.31. The minimum Gasteiger partial charge on any atom is -0.361 e. The molecule has 4 rings (SSSR count). The molecular weight excluding hydrogens is 363 g/mol. The van der Waals surface area contributed by atoms with Gasteiger partial charge < -0.3 is 9.88 Å². The van der Waals surface area contributed by atoms with Crippen LogP contribution in [0.2, 0.25) is 0 Å². The summed E-state index contributed by atoms with van der Waals surface area (Å²) in [6.07, 6.45) is 1.98. The molecule has 0 aliphatic heterocycles. The van der Waals surface area contributed by atoms with Crippen molar-refractivity contribution in [3.63, 3.8) is 0 Å². The van der Waals surface area contributed by atoms with Gasteiger partial charge in [-0.05, 0) is 49.7 Å². The second-order valence-electron chi connectivity index (χ2n) is 7.20. The molecule has 1 N–H and O–H groups in total. The molecule has 1 aromatic heterocycles. The van der Waals surface area contributed by atoms with E-state index in [-0.39, 0.29) is 17.8 Å². The van der Waals surface area contributed by atoms with Crippen LogP contribution in [0.5, 0.6) is 0 Å². The van der Waals surface area contributed by atoms with Gasteiger partial charge >= 0.3 is 0 Å². The van der Waals surface area contributed by atoms with Gasteiger partial charge in [0, 0.05) is 34.8 Å². The lowest BCUT2D eigenvalue weighted by atomic mass is 9.95. The maximum Gasteiger partial charge on any atom is 0.254 e. The van der Waals surface area contributed by atoms with E-state index in [9.17, 15) is 9.18 Å². The van der Waals surface area contributed by atoms with Crippen LogP contribution in [-0.2, 0) is 0 Å². The van der Waals surface area contributed by atoms with Crippen LogP contribution in [0.4, 0.5) is 4.39 Å². The molecule has 0 unspecified atom stereocenters. The number of carbonyl (C=O) groups is 1. The van der Waals surface area contributed by atoms with Gasteiger partial charge in [-0.25, -0.2) is 4.39 Å². The number of aromatic nitrogens is 1. The minimum absolute atomic E-state index is 0.122. The Labute approximate surface area is 169 Å². The topological polar surface area (TPSA) is 36.1 Å². The van der Waals surface area contributed by atoms with Crippen molar-refractivity contribution in [2.75, 3.05) is 6.54 Å². The first-order valence-corrected chi connectivity index (χ1v) is 9.77. The van der Waals surface area contributed by atoms with Crippen LogP contribution in [0.1, 0.15) is 40.0 Å².